The van der Waals surface area contributed by atoms with Crippen LogP contribution in [0.25, 0.3) is 0 Å². The summed E-state index contributed by atoms with van der Waals surface area (Å²) in [6.07, 6.45) is 8.24. The molecule has 0 atom stereocenters. The van der Waals surface area contributed by atoms with Gasteiger partial charge in [-0.25, -0.2) is 0 Å². The van der Waals surface area contributed by atoms with E-state index in [1.165, 1.54) is 6.08 Å². The van der Waals surface area contributed by atoms with E-state index in [0.29, 0.717) is 24.8 Å². The number of carbonyl (C=O) groups is 2. The van der Waals surface area contributed by atoms with Gasteiger partial charge in [0.25, 0.3) is 11.8 Å². The van der Waals surface area contributed by atoms with Crippen molar-refractivity contribution in [3.05, 3.63) is 11.6 Å². The van der Waals surface area contributed by atoms with Crippen molar-refractivity contribution in [2.75, 3.05) is 13.2 Å². The van der Waals surface area contributed by atoms with Crippen molar-refractivity contribution in [1.29, 1.82) is 0 Å². The molecule has 15 heavy (non-hydrogen) atoms. The fraction of sp³-hybridized carbons (Fsp3) is 0.455. The predicted molar refractivity (Wildman–Crippen MR) is 54.6 cm³/mol. The second kappa shape index (κ2) is 5.32. The van der Waals surface area contributed by atoms with Gasteiger partial charge in [-0.3, -0.25) is 14.5 Å². The minimum Gasteiger partial charge on any atom is -0.395 e. The van der Waals surface area contributed by atoms with Crippen LogP contribution in [0.4, 0.5) is 0 Å². The van der Waals surface area contributed by atoms with E-state index in [4.69, 9.17) is 11.5 Å². The van der Waals surface area contributed by atoms with E-state index in [1.807, 2.05) is 0 Å². The van der Waals surface area contributed by atoms with Gasteiger partial charge in [-0.2, -0.15) is 0 Å². The molecule has 1 N–H and O–H groups in total. The normalized spacial score (nSPS) is 15.5. The summed E-state index contributed by atoms with van der Waals surface area (Å²) < 4.78 is 0. The zero-order valence-electron chi connectivity index (χ0n) is 8.40. The maximum atomic E-state index is 11.6. The number of aliphatic hydroxyl groups is 1. The molecule has 0 aromatic rings. The molecule has 0 radical (unpaired) electrons. The quantitative estimate of drug-likeness (QED) is 0.394. The van der Waals surface area contributed by atoms with Gasteiger partial charge in [-0.05, 0) is 12.8 Å². The molecule has 4 heteroatoms. The van der Waals surface area contributed by atoms with Gasteiger partial charge < -0.3 is 5.11 Å². The molecule has 0 aromatic carbocycles. The molecule has 0 saturated carbocycles. The maximum Gasteiger partial charge on any atom is 0.256 e. The number of carbonyl (C=O) groups excluding carboxylic acids is 2. The van der Waals surface area contributed by atoms with Gasteiger partial charge in [0.1, 0.15) is 0 Å². The van der Waals surface area contributed by atoms with E-state index in [9.17, 15) is 9.59 Å². The van der Waals surface area contributed by atoms with Crippen LogP contribution in [0, 0.1) is 12.3 Å². The van der Waals surface area contributed by atoms with Gasteiger partial charge in [-0.15, -0.1) is 12.3 Å². The second-order valence-electron chi connectivity index (χ2n) is 3.25. The number of unbranched alkanes of at least 4 members (excludes halogenated alkanes) is 1. The zero-order chi connectivity index (χ0) is 11.3. The van der Waals surface area contributed by atoms with E-state index in [0.717, 1.165) is 4.90 Å². The predicted octanol–water partition coefficient (Wildman–Crippen LogP) is 0.0774. The van der Waals surface area contributed by atoms with Gasteiger partial charge >= 0.3 is 0 Å². The summed E-state index contributed by atoms with van der Waals surface area (Å²) in [6.45, 7) is -0.143. The highest BCUT2D eigenvalue weighted by Crippen LogP contribution is 2.17. The SMILES string of the molecule is C#CCCCC1=CC(=O)N(CCO)C1=O. The van der Waals surface area contributed by atoms with Crippen LogP contribution in [0.3, 0.4) is 0 Å². The highest BCUT2D eigenvalue weighted by Gasteiger charge is 2.29. The highest BCUT2D eigenvalue weighted by atomic mass is 16.3. The van der Waals surface area contributed by atoms with Crippen molar-refractivity contribution < 1.29 is 14.7 Å². The minimum atomic E-state index is -0.343. The number of terminal acetylenes is 1. The molecule has 80 valence electrons. The average molecular weight is 207 g/mol. The summed E-state index contributed by atoms with van der Waals surface area (Å²) >= 11 is 0. The van der Waals surface area contributed by atoms with Gasteiger partial charge in [0.2, 0.25) is 0 Å². The number of hydrogen-bond acceptors (Lipinski definition) is 3. The molecular weight excluding hydrogens is 194 g/mol. The van der Waals surface area contributed by atoms with E-state index < -0.39 is 0 Å². The first-order chi connectivity index (χ1) is 7.20. The average Bonchev–Trinajstić information content (AvgIpc) is 2.47. The van der Waals surface area contributed by atoms with Gasteiger partial charge in [0, 0.05) is 18.1 Å². The molecule has 1 aliphatic heterocycles. The molecule has 0 bridgehead atoms. The Morgan fingerprint density at radius 3 is 2.80 bits per heavy atom. The van der Waals surface area contributed by atoms with Crippen LogP contribution in [0.15, 0.2) is 11.6 Å². The standard InChI is InChI=1S/C11H13NO3/c1-2-3-4-5-9-8-10(14)12(6-7-13)11(9)15/h1,8,13H,3-7H2. The first kappa shape index (κ1) is 11.5. The minimum absolute atomic E-state index is 0.0623. The molecule has 0 saturated heterocycles. The Kier molecular flexibility index (Phi) is 4.07. The molecule has 0 aliphatic carbocycles. The Balaban J connectivity index is 2.54. The van der Waals surface area contributed by atoms with Crippen LogP contribution in [-0.4, -0.2) is 35.0 Å². The molecule has 0 spiro atoms. The molecule has 0 aromatic heterocycles. The first-order valence-corrected chi connectivity index (χ1v) is 4.81. The van der Waals surface area contributed by atoms with Gasteiger partial charge in [-0.1, -0.05) is 0 Å². The first-order valence-electron chi connectivity index (χ1n) is 4.81. The summed E-state index contributed by atoms with van der Waals surface area (Å²) in [5.41, 5.74) is 0.490. The summed E-state index contributed by atoms with van der Waals surface area (Å²) in [5.74, 6) is 1.83. The number of hydrogen-bond donors (Lipinski definition) is 1. The monoisotopic (exact) mass is 207 g/mol. The van der Waals surface area contributed by atoms with Crippen molar-refractivity contribution in [1.82, 2.24) is 4.90 Å². The number of imide groups is 1. The third-order valence-electron chi connectivity index (χ3n) is 2.17. The topological polar surface area (TPSA) is 57.6 Å². The second-order valence-corrected chi connectivity index (χ2v) is 3.25. The molecule has 1 heterocycles. The van der Waals surface area contributed by atoms with Crippen LogP contribution in [-0.2, 0) is 9.59 Å². The maximum absolute atomic E-state index is 11.6. The van der Waals surface area contributed by atoms with Crippen LogP contribution in [0.5, 0.6) is 0 Å². The number of nitrogens with zero attached hydrogens (tertiary/aromatic N) is 1. The van der Waals surface area contributed by atoms with Crippen molar-refractivity contribution in [2.24, 2.45) is 0 Å². The Morgan fingerprint density at radius 2 is 2.20 bits per heavy atom. The molecule has 1 rings (SSSR count). The molecule has 4 nitrogen and oxygen atoms in total. The summed E-state index contributed by atoms with van der Waals surface area (Å²) in [4.78, 5) is 23.9. The summed E-state index contributed by atoms with van der Waals surface area (Å²) in [5, 5.41) is 8.67. The van der Waals surface area contributed by atoms with E-state index in [1.54, 1.807) is 0 Å². The van der Waals surface area contributed by atoms with E-state index in [2.05, 4.69) is 5.92 Å². The molecular formula is C11H13NO3. The number of β-amino-alcohol motifs (C(OH)–C–C–N with tert-alkyl or cyclic N) is 1. The van der Waals surface area contributed by atoms with E-state index >= 15 is 0 Å². The summed E-state index contributed by atoms with van der Waals surface area (Å²) in [7, 11) is 0. The van der Waals surface area contributed by atoms with Crippen molar-refractivity contribution >= 4 is 11.8 Å². The smallest absolute Gasteiger partial charge is 0.256 e. The number of aliphatic hydroxyl groups excluding tert-OH is 1. The van der Waals surface area contributed by atoms with Gasteiger partial charge in [0.05, 0.1) is 13.2 Å². The van der Waals surface area contributed by atoms with Crippen LogP contribution >= 0.6 is 0 Å². The summed E-state index contributed by atoms with van der Waals surface area (Å²) in [6, 6.07) is 0. The van der Waals surface area contributed by atoms with Crippen molar-refractivity contribution in [3.63, 3.8) is 0 Å². The van der Waals surface area contributed by atoms with Crippen molar-refractivity contribution in [2.45, 2.75) is 19.3 Å². The Labute approximate surface area is 88.6 Å². The zero-order valence-corrected chi connectivity index (χ0v) is 8.40. The highest BCUT2D eigenvalue weighted by molar-refractivity contribution is 6.16. The van der Waals surface area contributed by atoms with Crippen LogP contribution in [0.1, 0.15) is 19.3 Å². The van der Waals surface area contributed by atoms with Gasteiger partial charge in [0.15, 0.2) is 0 Å². The molecule has 1 aliphatic rings. The Hall–Kier alpha value is -1.60. The number of rotatable bonds is 5. The Bertz CT molecular complexity index is 338. The van der Waals surface area contributed by atoms with Crippen LogP contribution in [0.2, 0.25) is 0 Å². The fourth-order valence-corrected chi connectivity index (χ4v) is 1.43. The lowest BCUT2D eigenvalue weighted by molar-refractivity contribution is -0.137. The van der Waals surface area contributed by atoms with Crippen LogP contribution < -0.4 is 0 Å². The largest absolute Gasteiger partial charge is 0.395 e. The lowest BCUT2D eigenvalue weighted by Gasteiger charge is -2.12. The molecule has 2 amide bonds. The lowest BCUT2D eigenvalue weighted by atomic mass is 10.1. The third-order valence-corrected chi connectivity index (χ3v) is 2.17. The van der Waals surface area contributed by atoms with Crippen molar-refractivity contribution in [3.8, 4) is 12.3 Å². The third kappa shape index (κ3) is 2.67. The molecule has 0 fully saturated rings. The lowest BCUT2D eigenvalue weighted by Crippen LogP contribution is -2.33. The Morgan fingerprint density at radius 1 is 1.47 bits per heavy atom. The number of amides is 2. The van der Waals surface area contributed by atoms with E-state index in [-0.39, 0.29) is 25.0 Å². The fourth-order valence-electron chi connectivity index (χ4n) is 1.43. The molecule has 0 unspecified atom stereocenters.